The van der Waals surface area contributed by atoms with E-state index in [9.17, 15) is 13.6 Å². The van der Waals surface area contributed by atoms with Gasteiger partial charge >= 0.3 is 12.6 Å². The minimum absolute atomic E-state index is 0.0139. The Morgan fingerprint density at radius 1 is 1.53 bits per heavy atom. The molecule has 0 fully saturated rings. The third-order valence-corrected chi connectivity index (χ3v) is 1.86. The summed E-state index contributed by atoms with van der Waals surface area (Å²) in [7, 11) is 1.10. The van der Waals surface area contributed by atoms with Crippen LogP contribution >= 0.6 is 0 Å². The van der Waals surface area contributed by atoms with Gasteiger partial charge in [-0.25, -0.2) is 4.79 Å². The minimum Gasteiger partial charge on any atom is -0.465 e. The van der Waals surface area contributed by atoms with Crippen molar-refractivity contribution < 1.29 is 23.0 Å². The highest BCUT2D eigenvalue weighted by Crippen LogP contribution is 2.27. The lowest BCUT2D eigenvalue weighted by molar-refractivity contribution is -0.0500. The van der Waals surface area contributed by atoms with Gasteiger partial charge in [0, 0.05) is 11.8 Å². The Kier molecular flexibility index (Phi) is 3.82. The van der Waals surface area contributed by atoms with Crippen LogP contribution in [0.1, 0.15) is 15.9 Å². The number of benzene rings is 1. The number of nitrogens with two attached hydrogens (primary N) is 1. The number of halogens is 2. The summed E-state index contributed by atoms with van der Waals surface area (Å²) in [5.74, 6) is -1.31. The molecule has 0 spiro atoms. The van der Waals surface area contributed by atoms with Gasteiger partial charge in [0.05, 0.1) is 12.7 Å². The first-order chi connectivity index (χ1) is 7.99. The number of ether oxygens (including phenoxy) is 2. The van der Waals surface area contributed by atoms with Gasteiger partial charge in [-0.3, -0.25) is 0 Å². The van der Waals surface area contributed by atoms with E-state index in [1.54, 1.807) is 6.07 Å². The number of hydrogen-bond acceptors (Lipinski definition) is 5. The molecule has 0 aliphatic rings. The average molecular weight is 242 g/mol. The second kappa shape index (κ2) is 5.12. The lowest BCUT2D eigenvalue weighted by Gasteiger charge is -2.10. The molecule has 0 aliphatic heterocycles. The fourth-order valence-corrected chi connectivity index (χ4v) is 1.21. The Balaban J connectivity index is 3.36. The maximum absolute atomic E-state index is 12.1. The Morgan fingerprint density at radius 2 is 2.18 bits per heavy atom. The predicted molar refractivity (Wildman–Crippen MR) is 53.5 cm³/mol. The molecule has 5 nitrogen and oxygen atoms in total. The standard InChI is InChI=1S/C10H8F2N2O3/c1-16-9(15)6-2-5(14)3-8(7(6)4-13)17-10(11)12/h2-3,10H,14H2,1H3. The molecular formula is C10H8F2N2O3. The van der Waals surface area contributed by atoms with Gasteiger partial charge < -0.3 is 15.2 Å². The molecule has 90 valence electrons. The van der Waals surface area contributed by atoms with Crippen molar-refractivity contribution in [1.82, 2.24) is 0 Å². The summed E-state index contributed by atoms with van der Waals surface area (Å²) < 4.78 is 32.7. The zero-order valence-electron chi connectivity index (χ0n) is 8.74. The van der Waals surface area contributed by atoms with Crippen molar-refractivity contribution in [2.45, 2.75) is 6.61 Å². The van der Waals surface area contributed by atoms with Gasteiger partial charge in [-0.15, -0.1) is 0 Å². The number of anilines is 1. The highest BCUT2D eigenvalue weighted by molar-refractivity contribution is 5.94. The summed E-state index contributed by atoms with van der Waals surface area (Å²) >= 11 is 0. The number of hydrogen-bond donors (Lipinski definition) is 1. The van der Waals surface area contributed by atoms with Crippen LogP contribution in [-0.2, 0) is 4.74 Å². The van der Waals surface area contributed by atoms with Crippen molar-refractivity contribution in [3.8, 4) is 11.8 Å². The molecule has 0 unspecified atom stereocenters. The molecule has 0 saturated carbocycles. The third-order valence-electron chi connectivity index (χ3n) is 1.86. The van der Waals surface area contributed by atoms with Gasteiger partial charge in [0.2, 0.25) is 0 Å². The molecule has 0 aromatic heterocycles. The quantitative estimate of drug-likeness (QED) is 0.641. The van der Waals surface area contributed by atoms with Gasteiger partial charge in [-0.05, 0) is 6.07 Å². The van der Waals surface area contributed by atoms with Crippen molar-refractivity contribution >= 4 is 11.7 Å². The molecule has 0 heterocycles. The van der Waals surface area contributed by atoms with Gasteiger partial charge in [-0.1, -0.05) is 0 Å². The van der Waals surface area contributed by atoms with E-state index in [1.165, 1.54) is 0 Å². The number of carbonyl (C=O) groups excluding carboxylic acids is 1. The van der Waals surface area contributed by atoms with Crippen LogP contribution < -0.4 is 10.5 Å². The molecule has 1 aromatic carbocycles. The first-order valence-electron chi connectivity index (χ1n) is 4.36. The molecule has 0 aliphatic carbocycles. The topological polar surface area (TPSA) is 85.3 Å². The van der Waals surface area contributed by atoms with E-state index in [4.69, 9.17) is 11.0 Å². The van der Waals surface area contributed by atoms with Crippen molar-refractivity contribution in [2.24, 2.45) is 0 Å². The van der Waals surface area contributed by atoms with E-state index in [-0.39, 0.29) is 16.8 Å². The molecular weight excluding hydrogens is 234 g/mol. The molecule has 0 radical (unpaired) electrons. The van der Waals surface area contributed by atoms with Gasteiger partial charge in [0.1, 0.15) is 17.4 Å². The summed E-state index contributed by atoms with van der Waals surface area (Å²) in [6.07, 6.45) is 0. The second-order valence-corrected chi connectivity index (χ2v) is 2.92. The van der Waals surface area contributed by atoms with Crippen LogP contribution in [-0.4, -0.2) is 19.7 Å². The molecule has 0 atom stereocenters. The van der Waals surface area contributed by atoms with Crippen LogP contribution in [0.5, 0.6) is 5.75 Å². The fourth-order valence-electron chi connectivity index (χ4n) is 1.21. The molecule has 1 aromatic rings. The number of carbonyl (C=O) groups is 1. The van der Waals surface area contributed by atoms with Crippen LogP contribution in [0.2, 0.25) is 0 Å². The smallest absolute Gasteiger partial charge is 0.387 e. The third kappa shape index (κ3) is 2.81. The minimum atomic E-state index is -3.12. The molecule has 1 rings (SSSR count). The van der Waals surface area contributed by atoms with Crippen LogP contribution in [0, 0.1) is 11.3 Å². The largest absolute Gasteiger partial charge is 0.465 e. The number of nitrogens with zero attached hydrogens (tertiary/aromatic N) is 1. The van der Waals surface area contributed by atoms with Gasteiger partial charge in [-0.2, -0.15) is 14.0 Å². The van der Waals surface area contributed by atoms with Crippen molar-refractivity contribution in [1.29, 1.82) is 5.26 Å². The summed E-state index contributed by atoms with van der Waals surface area (Å²) in [5.41, 5.74) is 4.86. The summed E-state index contributed by atoms with van der Waals surface area (Å²) in [6.45, 7) is -3.12. The van der Waals surface area contributed by atoms with Crippen LogP contribution in [0.3, 0.4) is 0 Å². The summed E-state index contributed by atoms with van der Waals surface area (Å²) in [5, 5.41) is 8.82. The monoisotopic (exact) mass is 242 g/mol. The molecule has 0 bridgehead atoms. The second-order valence-electron chi connectivity index (χ2n) is 2.92. The number of nitriles is 1. The van der Waals surface area contributed by atoms with E-state index >= 15 is 0 Å². The maximum atomic E-state index is 12.1. The first-order valence-corrected chi connectivity index (χ1v) is 4.36. The highest BCUT2D eigenvalue weighted by Gasteiger charge is 2.19. The summed E-state index contributed by atoms with van der Waals surface area (Å²) in [4.78, 5) is 11.3. The van der Waals surface area contributed by atoms with Crippen LogP contribution in [0.25, 0.3) is 0 Å². The molecule has 0 amide bonds. The van der Waals surface area contributed by atoms with Crippen molar-refractivity contribution in [3.63, 3.8) is 0 Å². The normalized spacial score (nSPS) is 9.82. The lowest BCUT2D eigenvalue weighted by Crippen LogP contribution is -2.10. The van der Waals surface area contributed by atoms with E-state index < -0.39 is 18.3 Å². The maximum Gasteiger partial charge on any atom is 0.387 e. The first kappa shape index (κ1) is 12.7. The number of rotatable bonds is 3. The Morgan fingerprint density at radius 3 is 2.65 bits per heavy atom. The highest BCUT2D eigenvalue weighted by atomic mass is 19.3. The zero-order chi connectivity index (χ0) is 13.0. The molecule has 7 heteroatoms. The molecule has 17 heavy (non-hydrogen) atoms. The van der Waals surface area contributed by atoms with E-state index in [2.05, 4.69) is 9.47 Å². The van der Waals surface area contributed by atoms with Crippen molar-refractivity contribution in [2.75, 3.05) is 12.8 Å². The molecule has 2 N–H and O–H groups in total. The fraction of sp³-hybridized carbons (Fsp3) is 0.200. The molecule has 0 saturated heterocycles. The Bertz CT molecular complexity index is 483. The predicted octanol–water partition coefficient (Wildman–Crippen LogP) is 1.53. The van der Waals surface area contributed by atoms with Crippen LogP contribution in [0.15, 0.2) is 12.1 Å². The van der Waals surface area contributed by atoms with Gasteiger partial charge in [0.15, 0.2) is 0 Å². The summed E-state index contributed by atoms with van der Waals surface area (Å²) in [6, 6.07) is 3.79. The Hall–Kier alpha value is -2.36. The van der Waals surface area contributed by atoms with Crippen LogP contribution in [0.4, 0.5) is 14.5 Å². The van der Waals surface area contributed by atoms with Gasteiger partial charge in [0.25, 0.3) is 0 Å². The lowest BCUT2D eigenvalue weighted by atomic mass is 10.1. The van der Waals surface area contributed by atoms with Crippen molar-refractivity contribution in [3.05, 3.63) is 23.3 Å². The van der Waals surface area contributed by atoms with E-state index in [0.29, 0.717) is 0 Å². The zero-order valence-corrected chi connectivity index (χ0v) is 8.74. The Labute approximate surface area is 95.3 Å². The van der Waals surface area contributed by atoms with E-state index in [0.717, 1.165) is 19.2 Å². The SMILES string of the molecule is COC(=O)c1cc(N)cc(OC(F)F)c1C#N. The average Bonchev–Trinajstić information content (AvgIpc) is 2.26. The number of nitrogen functional groups attached to an aromatic ring is 1. The van der Waals surface area contributed by atoms with E-state index in [1.807, 2.05) is 0 Å². The number of esters is 1. The number of alkyl halides is 2. The number of methoxy groups -OCH3 is 1.